The van der Waals surface area contributed by atoms with Crippen LogP contribution in [0.3, 0.4) is 0 Å². The minimum Gasteiger partial charge on any atom is -0.493 e. The zero-order chi connectivity index (χ0) is 20.1. The van der Waals surface area contributed by atoms with Gasteiger partial charge in [0.25, 0.3) is 0 Å². The molecule has 1 N–H and O–H groups in total. The van der Waals surface area contributed by atoms with Crippen LogP contribution in [0.15, 0.2) is 54.9 Å². The maximum absolute atomic E-state index is 12.6. The number of rotatable bonds is 7. The van der Waals surface area contributed by atoms with E-state index in [9.17, 15) is 4.79 Å². The van der Waals surface area contributed by atoms with Crippen LogP contribution in [-0.4, -0.2) is 28.9 Å². The van der Waals surface area contributed by atoms with Crippen molar-refractivity contribution in [3.05, 3.63) is 71.5 Å². The molecule has 6 heteroatoms. The number of benzene rings is 2. The number of hydrogen-bond donors (Lipinski definition) is 1. The van der Waals surface area contributed by atoms with Gasteiger partial charge in [0.1, 0.15) is 18.1 Å². The van der Waals surface area contributed by atoms with E-state index in [4.69, 9.17) is 9.47 Å². The fraction of sp³-hybridized carbons (Fsp3) is 0.304. The summed E-state index contributed by atoms with van der Waals surface area (Å²) < 4.78 is 13.4. The molecule has 0 aliphatic carbocycles. The Morgan fingerprint density at radius 3 is 3.07 bits per heavy atom. The van der Waals surface area contributed by atoms with Gasteiger partial charge in [-0.05, 0) is 60.7 Å². The molecule has 0 bridgehead atoms. The number of ether oxygens (including phenoxy) is 2. The third-order valence-electron chi connectivity index (χ3n) is 4.89. The minimum absolute atomic E-state index is 0.0672. The molecule has 1 aliphatic heterocycles. The lowest BCUT2D eigenvalue weighted by molar-refractivity contribution is -0.115. The van der Waals surface area contributed by atoms with Crippen molar-refractivity contribution in [2.24, 2.45) is 0 Å². The highest BCUT2D eigenvalue weighted by Crippen LogP contribution is 2.28. The lowest BCUT2D eigenvalue weighted by atomic mass is 10.0. The number of aromatic nitrogens is 2. The maximum atomic E-state index is 12.6. The molecule has 2 heterocycles. The van der Waals surface area contributed by atoms with E-state index in [2.05, 4.69) is 16.5 Å². The van der Waals surface area contributed by atoms with Crippen LogP contribution in [0.25, 0.3) is 0 Å². The second kappa shape index (κ2) is 8.82. The molecule has 0 saturated carbocycles. The van der Waals surface area contributed by atoms with Crippen molar-refractivity contribution in [2.45, 2.75) is 32.7 Å². The number of carbonyl (C=O) groups is 1. The molecule has 4 rings (SSSR count). The van der Waals surface area contributed by atoms with Crippen LogP contribution < -0.4 is 14.8 Å². The molecule has 0 radical (unpaired) electrons. The number of hydrogen-bond acceptors (Lipinski definition) is 4. The Bertz CT molecular complexity index is 983. The first kappa shape index (κ1) is 19.1. The van der Waals surface area contributed by atoms with E-state index >= 15 is 0 Å². The molecular formula is C23H25N3O3. The molecule has 0 saturated heterocycles. The molecule has 1 aromatic heterocycles. The Morgan fingerprint density at radius 2 is 2.21 bits per heavy atom. The number of anilines is 1. The van der Waals surface area contributed by atoms with Crippen LogP contribution in [0.5, 0.6) is 11.5 Å². The summed E-state index contributed by atoms with van der Waals surface area (Å²) in [6, 6.07) is 13.7. The Morgan fingerprint density at radius 1 is 1.28 bits per heavy atom. The average Bonchev–Trinajstić information content (AvgIpc) is 3.23. The van der Waals surface area contributed by atoms with Crippen molar-refractivity contribution in [3.8, 4) is 11.5 Å². The number of aryl methyl sites for hydroxylation is 2. The molecule has 150 valence electrons. The molecule has 29 heavy (non-hydrogen) atoms. The van der Waals surface area contributed by atoms with E-state index in [0.29, 0.717) is 31.0 Å². The fourth-order valence-electron chi connectivity index (χ4n) is 3.44. The van der Waals surface area contributed by atoms with Crippen LogP contribution in [0.4, 0.5) is 5.69 Å². The van der Waals surface area contributed by atoms with Gasteiger partial charge in [0, 0.05) is 12.4 Å². The number of nitrogens with zero attached hydrogens (tertiary/aromatic N) is 2. The summed E-state index contributed by atoms with van der Waals surface area (Å²) in [5.41, 5.74) is 3.92. The van der Waals surface area contributed by atoms with Crippen molar-refractivity contribution in [1.29, 1.82) is 0 Å². The molecule has 0 unspecified atom stereocenters. The van der Waals surface area contributed by atoms with Gasteiger partial charge in [-0.2, -0.15) is 5.10 Å². The summed E-state index contributed by atoms with van der Waals surface area (Å²) in [5.74, 6) is 1.54. The van der Waals surface area contributed by atoms with Gasteiger partial charge in [-0.3, -0.25) is 9.48 Å². The highest BCUT2D eigenvalue weighted by Gasteiger charge is 2.13. The number of carbonyl (C=O) groups excluding carboxylic acids is 1. The molecule has 0 fully saturated rings. The quantitative estimate of drug-likeness (QED) is 0.666. The summed E-state index contributed by atoms with van der Waals surface area (Å²) in [6.07, 6.45) is 5.97. The Labute approximate surface area is 170 Å². The van der Waals surface area contributed by atoms with E-state index < -0.39 is 0 Å². The first-order valence-electron chi connectivity index (χ1n) is 9.93. The number of nitrogens with one attached hydrogen (secondary N) is 1. The second-order valence-corrected chi connectivity index (χ2v) is 7.24. The zero-order valence-electron chi connectivity index (χ0n) is 16.6. The molecule has 1 aliphatic rings. The van der Waals surface area contributed by atoms with Crippen LogP contribution in [0.1, 0.15) is 23.1 Å². The third-order valence-corrected chi connectivity index (χ3v) is 4.89. The van der Waals surface area contributed by atoms with Crippen LogP contribution in [0.2, 0.25) is 0 Å². The Hall–Kier alpha value is -3.28. The molecule has 6 nitrogen and oxygen atoms in total. The molecule has 2 aromatic carbocycles. The predicted molar refractivity (Wildman–Crippen MR) is 111 cm³/mol. The summed E-state index contributed by atoms with van der Waals surface area (Å²) in [5, 5.41) is 7.16. The summed E-state index contributed by atoms with van der Waals surface area (Å²) in [6.45, 7) is 3.88. The highest BCUT2D eigenvalue weighted by atomic mass is 16.5. The highest BCUT2D eigenvalue weighted by molar-refractivity contribution is 5.93. The Balaban J connectivity index is 1.39. The lowest BCUT2D eigenvalue weighted by Gasteiger charge is -2.18. The number of fused-ring (bicyclic) bond motifs is 1. The fourth-order valence-corrected chi connectivity index (χ4v) is 3.44. The lowest BCUT2D eigenvalue weighted by Crippen LogP contribution is -2.17. The van der Waals surface area contributed by atoms with Crippen molar-refractivity contribution < 1.29 is 14.3 Å². The largest absolute Gasteiger partial charge is 0.493 e. The first-order valence-corrected chi connectivity index (χ1v) is 9.93. The molecule has 3 aromatic rings. The Kier molecular flexibility index (Phi) is 5.79. The minimum atomic E-state index is -0.0672. The van der Waals surface area contributed by atoms with Gasteiger partial charge in [0.15, 0.2) is 0 Å². The van der Waals surface area contributed by atoms with Gasteiger partial charge in [0.05, 0.1) is 25.3 Å². The maximum Gasteiger partial charge on any atom is 0.228 e. The van der Waals surface area contributed by atoms with Gasteiger partial charge >= 0.3 is 0 Å². The monoisotopic (exact) mass is 391 g/mol. The third kappa shape index (κ3) is 4.96. The SMILES string of the molecule is Cc1ccc(NC(=O)Cc2ccc3c(c2)CCCO3)c(OCCn2cccn2)c1. The van der Waals surface area contributed by atoms with E-state index in [1.165, 1.54) is 5.56 Å². The predicted octanol–water partition coefficient (Wildman–Crippen LogP) is 3.78. The van der Waals surface area contributed by atoms with Crippen LogP contribution >= 0.6 is 0 Å². The van der Waals surface area contributed by atoms with E-state index in [-0.39, 0.29) is 5.91 Å². The standard InChI is InChI=1S/C23H25N3O3/c1-17-5-7-20(22(14-17)29-13-11-26-10-3-9-24-26)25-23(27)16-18-6-8-21-19(15-18)4-2-12-28-21/h3,5-10,14-15H,2,4,11-13,16H2,1H3,(H,25,27). The van der Waals surface area contributed by atoms with Gasteiger partial charge < -0.3 is 14.8 Å². The first-order chi connectivity index (χ1) is 14.2. The summed E-state index contributed by atoms with van der Waals surface area (Å²) in [4.78, 5) is 12.6. The zero-order valence-corrected chi connectivity index (χ0v) is 16.6. The van der Waals surface area contributed by atoms with Crippen molar-refractivity contribution >= 4 is 11.6 Å². The van der Waals surface area contributed by atoms with Gasteiger partial charge in [0.2, 0.25) is 5.91 Å². The number of amides is 1. The molecule has 1 amide bonds. The summed E-state index contributed by atoms with van der Waals surface area (Å²) >= 11 is 0. The normalized spacial score (nSPS) is 12.7. The van der Waals surface area contributed by atoms with Crippen molar-refractivity contribution in [2.75, 3.05) is 18.5 Å². The molecular weight excluding hydrogens is 366 g/mol. The van der Waals surface area contributed by atoms with E-state index in [1.54, 1.807) is 6.20 Å². The topological polar surface area (TPSA) is 65.4 Å². The van der Waals surface area contributed by atoms with Crippen molar-refractivity contribution in [1.82, 2.24) is 9.78 Å². The summed E-state index contributed by atoms with van der Waals surface area (Å²) in [7, 11) is 0. The van der Waals surface area contributed by atoms with Crippen LogP contribution in [0, 0.1) is 6.92 Å². The van der Waals surface area contributed by atoms with Gasteiger partial charge in [-0.25, -0.2) is 0 Å². The molecule has 0 atom stereocenters. The van der Waals surface area contributed by atoms with Crippen LogP contribution in [-0.2, 0) is 24.2 Å². The second-order valence-electron chi connectivity index (χ2n) is 7.24. The smallest absolute Gasteiger partial charge is 0.228 e. The molecule has 0 spiro atoms. The van der Waals surface area contributed by atoms with Gasteiger partial charge in [-0.1, -0.05) is 18.2 Å². The van der Waals surface area contributed by atoms with Crippen molar-refractivity contribution in [3.63, 3.8) is 0 Å². The van der Waals surface area contributed by atoms with E-state index in [0.717, 1.165) is 36.3 Å². The average molecular weight is 391 g/mol. The van der Waals surface area contributed by atoms with E-state index in [1.807, 2.05) is 54.2 Å². The van der Waals surface area contributed by atoms with Gasteiger partial charge in [-0.15, -0.1) is 0 Å².